The van der Waals surface area contributed by atoms with Crippen molar-refractivity contribution in [2.45, 2.75) is 19.8 Å². The normalized spacial score (nSPS) is 20.3. The van der Waals surface area contributed by atoms with Crippen molar-refractivity contribution in [3.63, 3.8) is 0 Å². The third-order valence-corrected chi connectivity index (χ3v) is 2.37. The average molecular weight is 169 g/mol. The Morgan fingerprint density at radius 2 is 2.33 bits per heavy atom. The highest BCUT2D eigenvalue weighted by Gasteiger charge is 2.06. The highest BCUT2D eigenvalue weighted by Crippen LogP contribution is 2.09. The molecule has 0 fully saturated rings. The minimum Gasteiger partial charge on any atom is -0.383 e. The third-order valence-electron chi connectivity index (χ3n) is 2.37. The van der Waals surface area contributed by atoms with Crippen molar-refractivity contribution in [2.24, 2.45) is 0 Å². The first-order valence-electron chi connectivity index (χ1n) is 4.70. The molecule has 0 bridgehead atoms. The van der Waals surface area contributed by atoms with Crippen molar-refractivity contribution in [1.29, 1.82) is 0 Å². The van der Waals surface area contributed by atoms with Crippen molar-refractivity contribution in [2.75, 3.05) is 33.4 Å². The quantitative estimate of drug-likeness (QED) is 0.596. The van der Waals surface area contributed by atoms with Crippen LogP contribution in [0.2, 0.25) is 0 Å². The number of ether oxygens (including phenoxy) is 1. The van der Waals surface area contributed by atoms with Gasteiger partial charge in [-0.05, 0) is 19.8 Å². The second kappa shape index (κ2) is 5.33. The zero-order chi connectivity index (χ0) is 8.81. The molecule has 1 rings (SSSR count). The first-order chi connectivity index (χ1) is 5.83. The zero-order valence-electron chi connectivity index (χ0n) is 8.18. The topological polar surface area (TPSA) is 12.5 Å². The molecule has 0 unspecified atom stereocenters. The fourth-order valence-electron chi connectivity index (χ4n) is 1.49. The van der Waals surface area contributed by atoms with Gasteiger partial charge in [-0.15, -0.1) is 0 Å². The van der Waals surface area contributed by atoms with Gasteiger partial charge in [-0.25, -0.2) is 0 Å². The molecule has 0 aliphatic carbocycles. The van der Waals surface area contributed by atoms with Crippen molar-refractivity contribution in [3.05, 3.63) is 11.6 Å². The van der Waals surface area contributed by atoms with Crippen LogP contribution in [0.3, 0.4) is 0 Å². The Labute approximate surface area is 75.2 Å². The van der Waals surface area contributed by atoms with Crippen LogP contribution in [-0.4, -0.2) is 38.3 Å². The second-order valence-electron chi connectivity index (χ2n) is 3.42. The molecule has 0 saturated heterocycles. The summed E-state index contributed by atoms with van der Waals surface area (Å²) in [6.07, 6.45) is 4.78. The molecular weight excluding hydrogens is 150 g/mol. The van der Waals surface area contributed by atoms with Crippen LogP contribution >= 0.6 is 0 Å². The lowest BCUT2D eigenvalue weighted by atomic mass is 10.2. The van der Waals surface area contributed by atoms with Crippen molar-refractivity contribution < 1.29 is 4.74 Å². The molecule has 0 aromatic heterocycles. The standard InChI is InChI=1S/C10H19NO/c1-10-4-3-6-11(7-5-10)8-9-12-2/h4H,3,5-9H2,1-2H3. The Bertz CT molecular complexity index is 154. The van der Waals surface area contributed by atoms with Gasteiger partial charge >= 0.3 is 0 Å². The van der Waals surface area contributed by atoms with Crippen LogP contribution in [0.25, 0.3) is 0 Å². The van der Waals surface area contributed by atoms with E-state index >= 15 is 0 Å². The molecule has 0 N–H and O–H groups in total. The van der Waals surface area contributed by atoms with Gasteiger partial charge < -0.3 is 9.64 Å². The van der Waals surface area contributed by atoms with Crippen molar-refractivity contribution in [1.82, 2.24) is 4.90 Å². The van der Waals surface area contributed by atoms with Gasteiger partial charge in [0.1, 0.15) is 0 Å². The fraction of sp³-hybridized carbons (Fsp3) is 0.800. The molecule has 2 heteroatoms. The Hall–Kier alpha value is -0.340. The molecule has 0 atom stereocenters. The summed E-state index contributed by atoms with van der Waals surface area (Å²) in [5.41, 5.74) is 1.54. The van der Waals surface area contributed by atoms with E-state index in [9.17, 15) is 0 Å². The lowest BCUT2D eigenvalue weighted by molar-refractivity contribution is 0.150. The predicted molar refractivity (Wildman–Crippen MR) is 51.3 cm³/mol. The van der Waals surface area contributed by atoms with Gasteiger partial charge in [0.2, 0.25) is 0 Å². The summed E-state index contributed by atoms with van der Waals surface area (Å²) in [4.78, 5) is 2.47. The molecular formula is C10H19NO. The van der Waals surface area contributed by atoms with E-state index in [4.69, 9.17) is 4.74 Å². The van der Waals surface area contributed by atoms with Crippen molar-refractivity contribution in [3.8, 4) is 0 Å². The summed E-state index contributed by atoms with van der Waals surface area (Å²) < 4.78 is 5.05. The Balaban J connectivity index is 2.22. The van der Waals surface area contributed by atoms with Gasteiger partial charge in [0.15, 0.2) is 0 Å². The van der Waals surface area contributed by atoms with E-state index < -0.39 is 0 Å². The highest BCUT2D eigenvalue weighted by molar-refractivity contribution is 5.00. The van der Waals surface area contributed by atoms with Gasteiger partial charge in [-0.2, -0.15) is 0 Å². The first-order valence-corrected chi connectivity index (χ1v) is 4.70. The molecule has 70 valence electrons. The van der Waals surface area contributed by atoms with Crippen LogP contribution in [0.4, 0.5) is 0 Å². The third kappa shape index (κ3) is 3.37. The summed E-state index contributed by atoms with van der Waals surface area (Å²) in [6, 6.07) is 0. The number of hydrogen-bond donors (Lipinski definition) is 0. The summed E-state index contributed by atoms with van der Waals surface area (Å²) >= 11 is 0. The number of hydrogen-bond acceptors (Lipinski definition) is 2. The first kappa shape index (κ1) is 9.75. The number of rotatable bonds is 3. The Kier molecular flexibility index (Phi) is 4.33. The minimum atomic E-state index is 0.860. The van der Waals surface area contributed by atoms with E-state index in [1.807, 2.05) is 0 Å². The largest absolute Gasteiger partial charge is 0.383 e. The molecule has 12 heavy (non-hydrogen) atoms. The molecule has 2 nitrogen and oxygen atoms in total. The molecule has 0 saturated carbocycles. The summed E-state index contributed by atoms with van der Waals surface area (Å²) in [7, 11) is 1.77. The molecule has 0 spiro atoms. The maximum Gasteiger partial charge on any atom is 0.0589 e. The smallest absolute Gasteiger partial charge is 0.0589 e. The summed E-state index contributed by atoms with van der Waals surface area (Å²) in [6.45, 7) is 6.56. The molecule has 1 heterocycles. The van der Waals surface area contributed by atoms with E-state index in [0.29, 0.717) is 0 Å². The van der Waals surface area contributed by atoms with Crippen LogP contribution in [0.5, 0.6) is 0 Å². The average Bonchev–Trinajstić information content (AvgIpc) is 2.27. The lowest BCUT2D eigenvalue weighted by Gasteiger charge is -2.18. The maximum atomic E-state index is 5.05. The van der Waals surface area contributed by atoms with Crippen LogP contribution in [0.1, 0.15) is 19.8 Å². The highest BCUT2D eigenvalue weighted by atomic mass is 16.5. The van der Waals surface area contributed by atoms with Crippen molar-refractivity contribution >= 4 is 0 Å². The van der Waals surface area contributed by atoms with Crippen LogP contribution in [0, 0.1) is 0 Å². The lowest BCUT2D eigenvalue weighted by Crippen LogP contribution is -2.28. The molecule has 1 aliphatic heterocycles. The van der Waals surface area contributed by atoms with Gasteiger partial charge in [0.25, 0.3) is 0 Å². The molecule has 0 amide bonds. The van der Waals surface area contributed by atoms with Crippen LogP contribution in [0.15, 0.2) is 11.6 Å². The Morgan fingerprint density at radius 3 is 3.08 bits per heavy atom. The van der Waals surface area contributed by atoms with E-state index in [0.717, 1.165) is 13.2 Å². The molecule has 1 aliphatic rings. The fourth-order valence-corrected chi connectivity index (χ4v) is 1.49. The van der Waals surface area contributed by atoms with Gasteiger partial charge in [0, 0.05) is 26.7 Å². The molecule has 0 aromatic rings. The zero-order valence-corrected chi connectivity index (χ0v) is 8.18. The van der Waals surface area contributed by atoms with E-state index in [1.54, 1.807) is 7.11 Å². The monoisotopic (exact) mass is 169 g/mol. The van der Waals surface area contributed by atoms with Gasteiger partial charge in [-0.1, -0.05) is 11.6 Å². The van der Waals surface area contributed by atoms with Gasteiger partial charge in [0.05, 0.1) is 6.61 Å². The van der Waals surface area contributed by atoms with E-state index in [-0.39, 0.29) is 0 Å². The summed E-state index contributed by atoms with van der Waals surface area (Å²) in [5, 5.41) is 0. The molecule has 0 aromatic carbocycles. The van der Waals surface area contributed by atoms with E-state index in [2.05, 4.69) is 17.9 Å². The maximum absolute atomic E-state index is 5.05. The Morgan fingerprint density at radius 1 is 1.50 bits per heavy atom. The van der Waals surface area contributed by atoms with Gasteiger partial charge in [-0.3, -0.25) is 0 Å². The van der Waals surface area contributed by atoms with Crippen LogP contribution in [-0.2, 0) is 4.74 Å². The number of methoxy groups -OCH3 is 1. The molecule has 0 radical (unpaired) electrons. The second-order valence-corrected chi connectivity index (χ2v) is 3.42. The predicted octanol–water partition coefficient (Wildman–Crippen LogP) is 1.67. The SMILES string of the molecule is COCCN1CCC=C(C)CC1. The van der Waals surface area contributed by atoms with Crippen LogP contribution < -0.4 is 0 Å². The minimum absolute atomic E-state index is 0.860. The number of nitrogens with zero attached hydrogens (tertiary/aromatic N) is 1. The summed E-state index contributed by atoms with van der Waals surface area (Å²) in [5.74, 6) is 0. The van der Waals surface area contributed by atoms with E-state index in [1.165, 1.54) is 31.5 Å².